The molecule has 4 rings (SSSR count). The molecule has 2 aliphatic carbocycles. The van der Waals surface area contributed by atoms with Crippen molar-refractivity contribution in [1.29, 1.82) is 0 Å². The van der Waals surface area contributed by atoms with Gasteiger partial charge in [0.1, 0.15) is 0 Å². The molecule has 2 aromatic rings. The molecule has 0 bridgehead atoms. The maximum atomic E-state index is 2.32. The first-order chi connectivity index (χ1) is 11.4. The van der Waals surface area contributed by atoms with Crippen LogP contribution in [0.15, 0.2) is 60.7 Å². The van der Waals surface area contributed by atoms with Gasteiger partial charge in [0.05, 0.1) is 0 Å². The molecule has 2 aromatic carbocycles. The summed E-state index contributed by atoms with van der Waals surface area (Å²) in [5.41, 5.74) is 0.893. The normalized spacial score (nSPS) is 15.9. The van der Waals surface area contributed by atoms with E-state index in [1.54, 1.807) is 10.6 Å². The van der Waals surface area contributed by atoms with E-state index >= 15 is 0 Å². The van der Waals surface area contributed by atoms with Gasteiger partial charge in [0.2, 0.25) is 0 Å². The van der Waals surface area contributed by atoms with Gasteiger partial charge in [-0.1, -0.05) is 106 Å². The first kappa shape index (κ1) is 25.5. The third-order valence-electron chi connectivity index (χ3n) is 5.01. The van der Waals surface area contributed by atoms with Crippen LogP contribution in [-0.4, -0.2) is 5.66 Å². The van der Waals surface area contributed by atoms with E-state index in [2.05, 4.69) is 60.7 Å². The Bertz CT molecular complexity index is 498. The Kier molecular flexibility index (Phi) is 14.3. The maximum Gasteiger partial charge on any atom is 2.00 e. The van der Waals surface area contributed by atoms with E-state index in [-0.39, 0.29) is 42.3 Å². The molecule has 0 N–H and O–H groups in total. The average molecular weight is 456 g/mol. The van der Waals surface area contributed by atoms with E-state index in [0.717, 1.165) is 5.66 Å². The molecular formula is C24H35PRu. The summed E-state index contributed by atoms with van der Waals surface area (Å²) in [7, 11) is -0.152. The summed E-state index contributed by atoms with van der Waals surface area (Å²) in [5, 5.41) is 3.09. The molecule has 0 spiro atoms. The van der Waals surface area contributed by atoms with Crippen LogP contribution in [0.2, 0.25) is 0 Å². The molecule has 0 nitrogen and oxygen atoms in total. The molecule has 2 fully saturated rings. The second-order valence-electron chi connectivity index (χ2n) is 6.75. The van der Waals surface area contributed by atoms with E-state index < -0.39 is 0 Å². The Hall–Kier alpha value is -0.507. The summed E-state index contributed by atoms with van der Waals surface area (Å²) in [5.74, 6) is 0. The van der Waals surface area contributed by atoms with E-state index in [9.17, 15) is 0 Å². The summed E-state index contributed by atoms with van der Waals surface area (Å²) in [6.07, 6.45) is 13.2. The minimum absolute atomic E-state index is 0. The molecule has 2 aliphatic rings. The zero-order valence-corrected chi connectivity index (χ0v) is 19.1. The Morgan fingerprint density at radius 1 is 0.538 bits per heavy atom. The summed E-state index contributed by atoms with van der Waals surface area (Å²) in [6.45, 7) is 0. The third-order valence-corrected chi connectivity index (χ3v) is 7.96. The van der Waals surface area contributed by atoms with Crippen LogP contribution in [0, 0.1) is 14.9 Å². The zero-order valence-electron chi connectivity index (χ0n) is 16.5. The molecule has 144 valence electrons. The van der Waals surface area contributed by atoms with Crippen molar-refractivity contribution >= 4 is 18.5 Å². The van der Waals surface area contributed by atoms with Crippen LogP contribution in [0.1, 0.15) is 57.8 Å². The van der Waals surface area contributed by atoms with E-state index in [1.807, 2.05) is 0 Å². The van der Waals surface area contributed by atoms with E-state index in [0.29, 0.717) is 0 Å². The number of hydrogen-bond acceptors (Lipinski definition) is 0. The maximum absolute atomic E-state index is 2.32. The Morgan fingerprint density at radius 3 is 1.23 bits per heavy atom. The van der Waals surface area contributed by atoms with Gasteiger partial charge in [-0.25, -0.2) is 0 Å². The third kappa shape index (κ3) is 7.62. The fourth-order valence-electron chi connectivity index (χ4n) is 3.79. The zero-order chi connectivity index (χ0) is 15.7. The minimum Gasteiger partial charge on any atom is -0.358 e. The van der Waals surface area contributed by atoms with Crippen molar-refractivity contribution in [2.45, 2.75) is 63.4 Å². The van der Waals surface area contributed by atoms with Crippen molar-refractivity contribution in [2.24, 2.45) is 0 Å². The Labute approximate surface area is 176 Å². The fourth-order valence-corrected chi connectivity index (χ4v) is 6.80. The monoisotopic (exact) mass is 456 g/mol. The largest absolute Gasteiger partial charge is 2.00 e. The molecule has 2 heteroatoms. The quantitative estimate of drug-likeness (QED) is 0.268. The molecular weight excluding hydrogens is 420 g/mol. The molecule has 0 aromatic heterocycles. The molecule has 2 saturated carbocycles. The van der Waals surface area contributed by atoms with Gasteiger partial charge in [0.25, 0.3) is 0 Å². The second kappa shape index (κ2) is 14.5. The van der Waals surface area contributed by atoms with Crippen LogP contribution in [0.25, 0.3) is 0 Å². The van der Waals surface area contributed by atoms with Gasteiger partial charge in [-0.05, 0) is 37.0 Å². The fraction of sp³-hybridized carbons (Fsp3) is 0.417. The van der Waals surface area contributed by atoms with Gasteiger partial charge in [0, 0.05) is 0 Å². The van der Waals surface area contributed by atoms with Crippen LogP contribution in [0.4, 0.5) is 0 Å². The summed E-state index contributed by atoms with van der Waals surface area (Å²) < 4.78 is 0. The van der Waals surface area contributed by atoms with Gasteiger partial charge < -0.3 is 14.9 Å². The second-order valence-corrected chi connectivity index (χ2v) is 9.25. The van der Waals surface area contributed by atoms with Crippen LogP contribution >= 0.6 is 7.92 Å². The molecule has 0 heterocycles. The molecule has 0 radical (unpaired) electrons. The first-order valence-electron chi connectivity index (χ1n) is 9.34. The predicted octanol–water partition coefficient (Wildman–Crippen LogP) is 6.91. The van der Waals surface area contributed by atoms with E-state index in [4.69, 9.17) is 0 Å². The van der Waals surface area contributed by atoms with Crippen molar-refractivity contribution in [3.8, 4) is 0 Å². The van der Waals surface area contributed by atoms with Gasteiger partial charge in [-0.3, -0.25) is 0 Å². The first-order valence-corrected chi connectivity index (χ1v) is 10.8. The van der Waals surface area contributed by atoms with Crippen LogP contribution in [0.5, 0.6) is 0 Å². The van der Waals surface area contributed by atoms with Crippen molar-refractivity contribution < 1.29 is 19.5 Å². The average Bonchev–Trinajstić information content (AvgIpc) is 3.34. The summed E-state index contributed by atoms with van der Waals surface area (Å²) in [6, 6.07) is 22.2. The predicted molar refractivity (Wildman–Crippen MR) is 117 cm³/mol. The molecule has 0 aliphatic heterocycles. The summed E-state index contributed by atoms with van der Waals surface area (Å²) in [4.78, 5) is 0. The van der Waals surface area contributed by atoms with Gasteiger partial charge in [0.15, 0.2) is 0 Å². The van der Waals surface area contributed by atoms with Crippen LogP contribution < -0.4 is 10.6 Å². The number of benzene rings is 2. The van der Waals surface area contributed by atoms with Crippen LogP contribution in [0.3, 0.4) is 0 Å². The molecule has 0 amide bonds. The van der Waals surface area contributed by atoms with Crippen LogP contribution in [-0.2, 0) is 19.5 Å². The smallest absolute Gasteiger partial charge is 0.358 e. The molecule has 0 saturated heterocycles. The Morgan fingerprint density at radius 2 is 0.885 bits per heavy atom. The van der Waals surface area contributed by atoms with Gasteiger partial charge >= 0.3 is 19.5 Å². The molecule has 0 unspecified atom stereocenters. The SMILES string of the molecule is C1CCCC1.[CH3-].[CH3-].[Ru+2].c1ccc(P(c2ccccc2)C2CCCC2)cc1. The summed E-state index contributed by atoms with van der Waals surface area (Å²) >= 11 is 0. The molecule has 26 heavy (non-hydrogen) atoms. The van der Waals surface area contributed by atoms with Gasteiger partial charge in [-0.2, -0.15) is 0 Å². The van der Waals surface area contributed by atoms with E-state index in [1.165, 1.54) is 57.8 Å². The Balaban J connectivity index is 0.000000685. The van der Waals surface area contributed by atoms with Crippen molar-refractivity contribution in [3.63, 3.8) is 0 Å². The van der Waals surface area contributed by atoms with Crippen molar-refractivity contribution in [1.82, 2.24) is 0 Å². The number of rotatable bonds is 3. The van der Waals surface area contributed by atoms with Crippen molar-refractivity contribution in [3.05, 3.63) is 75.5 Å². The standard InChI is InChI=1S/C17H19P.C5H10.2CH3.Ru/c1-3-9-15(10-4-1)18(17-13-7-8-14-17)16-11-5-2-6-12-16;1-2-4-5-3-1;;;/h1-6,9-12,17H,7-8,13-14H2;1-5H2;2*1H3;/q;;2*-1;+2. The van der Waals surface area contributed by atoms with Gasteiger partial charge in [-0.15, -0.1) is 0 Å². The van der Waals surface area contributed by atoms with Crippen molar-refractivity contribution in [2.75, 3.05) is 0 Å². The molecule has 0 atom stereocenters. The minimum atomic E-state index is -0.152. The topological polar surface area (TPSA) is 0 Å². The number of hydrogen-bond donors (Lipinski definition) is 0.